The molecule has 0 unspecified atom stereocenters. The Bertz CT molecular complexity index is 1400. The van der Waals surface area contributed by atoms with Crippen LogP contribution in [0.1, 0.15) is 62.2 Å². The molecule has 1 fully saturated rings. The molecule has 0 spiro atoms. The largest absolute Gasteiger partial charge is 0.497 e. The van der Waals surface area contributed by atoms with Crippen LogP contribution in [-0.4, -0.2) is 58.2 Å². The second kappa shape index (κ2) is 12.5. The van der Waals surface area contributed by atoms with Crippen molar-refractivity contribution < 1.29 is 19.1 Å². The molecule has 0 aliphatic carbocycles. The highest BCUT2D eigenvalue weighted by Crippen LogP contribution is 2.30. The van der Waals surface area contributed by atoms with Crippen LogP contribution in [0.2, 0.25) is 10.2 Å². The molecule has 2 aromatic heterocycles. The lowest BCUT2D eigenvalue weighted by Gasteiger charge is -2.40. The van der Waals surface area contributed by atoms with Crippen molar-refractivity contribution in [3.63, 3.8) is 0 Å². The molecule has 1 aliphatic heterocycles. The zero-order valence-corrected chi connectivity index (χ0v) is 25.3. The first-order valence-electron chi connectivity index (χ1n) is 13.2. The van der Waals surface area contributed by atoms with Gasteiger partial charge in [0.2, 0.25) is 5.78 Å². The number of methoxy groups -OCH3 is 1. The molecule has 3 heterocycles. The Balaban J connectivity index is 1.41. The lowest BCUT2D eigenvalue weighted by Crippen LogP contribution is -2.54. The molecule has 3 aromatic rings. The van der Waals surface area contributed by atoms with Crippen LogP contribution in [0.5, 0.6) is 5.75 Å². The van der Waals surface area contributed by atoms with Gasteiger partial charge in [-0.05, 0) is 64.3 Å². The second-order valence-electron chi connectivity index (χ2n) is 11.1. The third-order valence-corrected chi connectivity index (χ3v) is 7.32. The number of anilines is 2. The van der Waals surface area contributed by atoms with Gasteiger partial charge in [0.25, 0.3) is 0 Å². The van der Waals surface area contributed by atoms with E-state index in [1.165, 1.54) is 18.5 Å². The van der Waals surface area contributed by atoms with Crippen LogP contribution in [0, 0.1) is 0 Å². The number of benzene rings is 1. The Morgan fingerprint density at radius 3 is 2.37 bits per heavy atom. The minimum absolute atomic E-state index is 0.00180. The molecule has 1 saturated heterocycles. The summed E-state index contributed by atoms with van der Waals surface area (Å²) in [6.45, 7) is 9.16. The molecule has 1 aliphatic rings. The summed E-state index contributed by atoms with van der Waals surface area (Å²) in [6, 6.07) is 9.09. The molecular weight excluding hydrogens is 567 g/mol. The third kappa shape index (κ3) is 7.77. The molecule has 10 nitrogen and oxygen atoms in total. The number of hydrogen-bond donors (Lipinski definition) is 2. The number of nitrogens with zero attached hydrogens (tertiary/aromatic N) is 4. The first-order chi connectivity index (χ1) is 19.4. The highest BCUT2D eigenvalue weighted by molar-refractivity contribution is 6.38. The van der Waals surface area contributed by atoms with Crippen molar-refractivity contribution in [2.75, 3.05) is 30.4 Å². The molecule has 0 saturated carbocycles. The van der Waals surface area contributed by atoms with Crippen LogP contribution in [-0.2, 0) is 11.3 Å². The summed E-state index contributed by atoms with van der Waals surface area (Å²) < 4.78 is 10.6. The highest BCUT2D eigenvalue weighted by atomic mass is 35.5. The van der Waals surface area contributed by atoms with E-state index >= 15 is 0 Å². The molecule has 1 aromatic carbocycles. The Kier molecular flexibility index (Phi) is 9.24. The third-order valence-electron chi connectivity index (χ3n) is 6.68. The Labute approximate surface area is 249 Å². The molecule has 0 atom stereocenters. The van der Waals surface area contributed by atoms with E-state index < -0.39 is 23.0 Å². The summed E-state index contributed by atoms with van der Waals surface area (Å²) in [5, 5.41) is 6.30. The predicted molar refractivity (Wildman–Crippen MR) is 159 cm³/mol. The summed E-state index contributed by atoms with van der Waals surface area (Å²) in [6.07, 6.45) is 3.94. The maximum atomic E-state index is 13.4. The number of rotatable bonds is 8. The van der Waals surface area contributed by atoms with E-state index in [1.807, 2.05) is 56.9 Å². The number of carbonyl (C=O) groups excluding carboxylic acids is 2. The summed E-state index contributed by atoms with van der Waals surface area (Å²) in [7, 11) is 1.61. The SMILES string of the molecule is COc1ccc(CNc2nccc(C(=O)c3ncc(N4CCC(C)(NC(=O)OC(C)(C)C)CC4)nc3Cl)c2Cl)cc1. The summed E-state index contributed by atoms with van der Waals surface area (Å²) >= 11 is 13.0. The quantitative estimate of drug-likeness (QED) is 0.304. The van der Waals surface area contributed by atoms with Gasteiger partial charge in [-0.25, -0.2) is 19.7 Å². The number of ether oxygens (including phenoxy) is 2. The van der Waals surface area contributed by atoms with Crippen LogP contribution in [0.4, 0.5) is 16.4 Å². The number of carbonyl (C=O) groups is 2. The van der Waals surface area contributed by atoms with E-state index in [1.54, 1.807) is 7.11 Å². The second-order valence-corrected chi connectivity index (χ2v) is 11.8. The Morgan fingerprint density at radius 1 is 1.07 bits per heavy atom. The number of nitrogens with one attached hydrogen (secondary N) is 2. The standard InChI is InChI=1S/C29H34Cl2N6O4/c1-28(2,3)41-27(39)36-29(4)11-14-37(15-12-29)21-17-33-23(25(31)35-21)24(38)20-10-13-32-26(22(20)30)34-16-18-6-8-19(40-5)9-7-18/h6-10,13,17H,11-12,14-16H2,1-5H3,(H,32,34)(H,36,39). The lowest BCUT2D eigenvalue weighted by molar-refractivity contribution is 0.0448. The molecule has 41 heavy (non-hydrogen) atoms. The van der Waals surface area contributed by atoms with Gasteiger partial charge in [-0.3, -0.25) is 4.79 Å². The smallest absolute Gasteiger partial charge is 0.408 e. The van der Waals surface area contributed by atoms with Gasteiger partial charge in [-0.1, -0.05) is 35.3 Å². The first kappa shape index (κ1) is 30.3. The van der Waals surface area contributed by atoms with E-state index in [2.05, 4.69) is 25.6 Å². The van der Waals surface area contributed by atoms with Crippen LogP contribution in [0.15, 0.2) is 42.7 Å². The number of aromatic nitrogens is 3. The summed E-state index contributed by atoms with van der Waals surface area (Å²) in [5.74, 6) is 1.22. The highest BCUT2D eigenvalue weighted by Gasteiger charge is 2.34. The van der Waals surface area contributed by atoms with E-state index in [9.17, 15) is 9.59 Å². The number of alkyl carbamates (subject to hydrolysis) is 1. The minimum atomic E-state index is -0.567. The number of halogens is 2. The van der Waals surface area contributed by atoms with Crippen molar-refractivity contribution in [2.24, 2.45) is 0 Å². The van der Waals surface area contributed by atoms with Gasteiger partial charge >= 0.3 is 6.09 Å². The fourth-order valence-corrected chi connectivity index (χ4v) is 4.85. The Morgan fingerprint density at radius 2 is 1.76 bits per heavy atom. The van der Waals surface area contributed by atoms with Crippen molar-refractivity contribution in [1.29, 1.82) is 0 Å². The average Bonchev–Trinajstić information content (AvgIpc) is 2.91. The van der Waals surface area contributed by atoms with Crippen molar-refractivity contribution in [3.05, 3.63) is 69.7 Å². The number of ketones is 1. The zero-order valence-electron chi connectivity index (χ0n) is 23.8. The van der Waals surface area contributed by atoms with Gasteiger partial charge in [0.1, 0.15) is 28.7 Å². The molecule has 0 radical (unpaired) electrons. The van der Waals surface area contributed by atoms with Gasteiger partial charge < -0.3 is 25.0 Å². The van der Waals surface area contributed by atoms with E-state index in [0.29, 0.717) is 44.1 Å². The van der Waals surface area contributed by atoms with Gasteiger partial charge in [-0.2, -0.15) is 0 Å². The fraction of sp³-hybridized carbons (Fsp3) is 0.414. The van der Waals surface area contributed by atoms with E-state index in [4.69, 9.17) is 32.7 Å². The van der Waals surface area contributed by atoms with Crippen molar-refractivity contribution >= 4 is 46.7 Å². The van der Waals surface area contributed by atoms with Gasteiger partial charge in [-0.15, -0.1) is 0 Å². The molecule has 0 bridgehead atoms. The van der Waals surface area contributed by atoms with Crippen LogP contribution in [0.3, 0.4) is 0 Å². The number of hydrogen-bond acceptors (Lipinski definition) is 9. The molecule has 2 N–H and O–H groups in total. The Hall–Kier alpha value is -3.63. The zero-order chi connectivity index (χ0) is 29.8. The van der Waals surface area contributed by atoms with Crippen molar-refractivity contribution in [1.82, 2.24) is 20.3 Å². The topological polar surface area (TPSA) is 119 Å². The predicted octanol–water partition coefficient (Wildman–Crippen LogP) is 5.91. The lowest BCUT2D eigenvalue weighted by atomic mass is 9.90. The number of piperidine rings is 1. The van der Waals surface area contributed by atoms with Crippen LogP contribution < -0.4 is 20.3 Å². The molecule has 218 valence electrons. The van der Waals surface area contributed by atoms with Crippen molar-refractivity contribution in [3.8, 4) is 5.75 Å². The van der Waals surface area contributed by atoms with Gasteiger partial charge in [0.15, 0.2) is 5.15 Å². The van der Waals surface area contributed by atoms with E-state index in [0.717, 1.165) is 11.3 Å². The molecule has 1 amide bonds. The summed E-state index contributed by atoms with van der Waals surface area (Å²) in [5.41, 5.74) is 0.220. The average molecular weight is 602 g/mol. The van der Waals surface area contributed by atoms with Gasteiger partial charge in [0.05, 0.1) is 18.3 Å². The maximum Gasteiger partial charge on any atom is 0.408 e. The molecule has 12 heteroatoms. The molecule has 4 rings (SSSR count). The summed E-state index contributed by atoms with van der Waals surface area (Å²) in [4.78, 5) is 40.7. The van der Waals surface area contributed by atoms with Gasteiger partial charge in [0, 0.05) is 36.9 Å². The first-order valence-corrected chi connectivity index (χ1v) is 14.0. The van der Waals surface area contributed by atoms with E-state index in [-0.39, 0.29) is 21.4 Å². The van der Waals surface area contributed by atoms with Crippen molar-refractivity contribution in [2.45, 2.75) is 58.2 Å². The van der Waals surface area contributed by atoms with Crippen LogP contribution >= 0.6 is 23.2 Å². The monoisotopic (exact) mass is 600 g/mol. The van der Waals surface area contributed by atoms with Crippen LogP contribution in [0.25, 0.3) is 0 Å². The number of amides is 1. The normalized spacial score (nSPS) is 14.8. The maximum absolute atomic E-state index is 13.4. The molecular formula is C29H34Cl2N6O4. The minimum Gasteiger partial charge on any atom is -0.497 e. The fourth-order valence-electron chi connectivity index (χ4n) is 4.37. The number of pyridine rings is 1.